The van der Waals surface area contributed by atoms with Gasteiger partial charge in [0.15, 0.2) is 0 Å². The summed E-state index contributed by atoms with van der Waals surface area (Å²) in [5, 5.41) is 12.4. The largest absolute Gasteiger partial charge is 0.455 e. The molecule has 0 atom stereocenters. The van der Waals surface area contributed by atoms with Gasteiger partial charge in [-0.3, -0.25) is 0 Å². The molecule has 2 heteroatoms. The van der Waals surface area contributed by atoms with Crippen molar-refractivity contribution < 1.29 is 4.42 Å². The number of benzene rings is 9. The van der Waals surface area contributed by atoms with Crippen molar-refractivity contribution in [2.75, 3.05) is 0 Å². The molecule has 2 aromatic heterocycles. The number of rotatable bonds is 2. The summed E-state index contributed by atoms with van der Waals surface area (Å²) < 4.78 is 9.81. The molecule has 0 unspecified atom stereocenters. The minimum atomic E-state index is -0.191. The molecular formula is C51H32OS. The molecule has 1 aliphatic carbocycles. The second kappa shape index (κ2) is 10.4. The van der Waals surface area contributed by atoms with Gasteiger partial charge < -0.3 is 4.42 Å². The van der Waals surface area contributed by atoms with Gasteiger partial charge in [-0.15, -0.1) is 11.3 Å². The predicted molar refractivity (Wildman–Crippen MR) is 228 cm³/mol. The van der Waals surface area contributed by atoms with Crippen LogP contribution in [0.2, 0.25) is 0 Å². The first-order valence-electron chi connectivity index (χ1n) is 18.4. The summed E-state index contributed by atoms with van der Waals surface area (Å²) in [5.74, 6) is 0. The highest BCUT2D eigenvalue weighted by molar-refractivity contribution is 7.25. The maximum Gasteiger partial charge on any atom is 0.143 e. The summed E-state index contributed by atoms with van der Waals surface area (Å²) in [7, 11) is 0. The lowest BCUT2D eigenvalue weighted by Gasteiger charge is -2.23. The van der Waals surface area contributed by atoms with Crippen molar-refractivity contribution in [2.24, 2.45) is 0 Å². The standard InChI is InChI=1S/C51H32OS/c1-51(2)42-21-11-9-15-32(42)39-28-41(50-48(49(39)51)40-25-29-13-3-4-14-30(29)27-43(40)52-50)47-36-19-7-5-17-34(36)46(35-18-6-8-20-37(35)47)31-23-24-45-38(26-31)33-16-10-12-22-44(33)53-45/h3-28H,1-2H3. The Hall–Kier alpha value is -6.22. The van der Waals surface area contributed by atoms with Crippen LogP contribution in [0.25, 0.3) is 108 Å². The molecule has 0 spiro atoms. The van der Waals surface area contributed by atoms with Gasteiger partial charge in [-0.25, -0.2) is 0 Å². The van der Waals surface area contributed by atoms with E-state index >= 15 is 0 Å². The Kier molecular flexibility index (Phi) is 5.78. The number of furan rings is 1. The molecule has 0 fully saturated rings. The number of thiophene rings is 1. The second-order valence-electron chi connectivity index (χ2n) is 15.2. The highest BCUT2D eigenvalue weighted by Crippen LogP contribution is 2.57. The zero-order valence-electron chi connectivity index (χ0n) is 29.3. The average Bonchev–Trinajstić information content (AvgIpc) is 3.83. The Morgan fingerprint density at radius 3 is 1.81 bits per heavy atom. The van der Waals surface area contributed by atoms with Crippen LogP contribution >= 0.6 is 11.3 Å². The van der Waals surface area contributed by atoms with Crippen molar-refractivity contribution in [1.29, 1.82) is 0 Å². The van der Waals surface area contributed by atoms with Crippen LogP contribution in [0, 0.1) is 0 Å². The van der Waals surface area contributed by atoms with Gasteiger partial charge in [-0.1, -0.05) is 135 Å². The van der Waals surface area contributed by atoms with E-state index in [1.54, 1.807) is 0 Å². The molecule has 0 bridgehead atoms. The van der Waals surface area contributed by atoms with E-state index in [1.807, 2.05) is 11.3 Å². The number of hydrogen-bond donors (Lipinski definition) is 0. The zero-order chi connectivity index (χ0) is 35.0. The molecule has 11 aromatic rings. The van der Waals surface area contributed by atoms with Crippen molar-refractivity contribution in [3.63, 3.8) is 0 Å². The van der Waals surface area contributed by atoms with Gasteiger partial charge in [0.05, 0.1) is 0 Å². The van der Waals surface area contributed by atoms with Crippen LogP contribution in [0.15, 0.2) is 162 Å². The topological polar surface area (TPSA) is 13.1 Å². The maximum atomic E-state index is 7.16. The van der Waals surface area contributed by atoms with Crippen LogP contribution in [0.5, 0.6) is 0 Å². The molecule has 0 saturated heterocycles. The van der Waals surface area contributed by atoms with Gasteiger partial charge >= 0.3 is 0 Å². The highest BCUT2D eigenvalue weighted by Gasteiger charge is 2.39. The van der Waals surface area contributed by atoms with Gasteiger partial charge in [-0.05, 0) is 102 Å². The SMILES string of the molecule is CC1(C)c2ccccc2-c2cc(-c3c4ccccc4c(-c4ccc5sc6ccccc6c5c4)c4ccccc34)c3oc4cc5ccccc5cc4c3c21. The Bertz CT molecular complexity index is 3320. The van der Waals surface area contributed by atoms with Crippen LogP contribution in [-0.2, 0) is 5.41 Å². The first-order chi connectivity index (χ1) is 26.0. The number of fused-ring (bicyclic) bond motifs is 13. The van der Waals surface area contributed by atoms with Crippen molar-refractivity contribution in [2.45, 2.75) is 19.3 Å². The molecule has 2 heterocycles. The van der Waals surface area contributed by atoms with Crippen molar-refractivity contribution in [1.82, 2.24) is 0 Å². The zero-order valence-corrected chi connectivity index (χ0v) is 30.1. The third-order valence-electron chi connectivity index (χ3n) is 12.0. The molecule has 0 saturated carbocycles. The Morgan fingerprint density at radius 2 is 1.06 bits per heavy atom. The van der Waals surface area contributed by atoms with Crippen LogP contribution in [-0.4, -0.2) is 0 Å². The third-order valence-corrected chi connectivity index (χ3v) is 13.1. The Morgan fingerprint density at radius 1 is 0.453 bits per heavy atom. The average molecular weight is 693 g/mol. The van der Waals surface area contributed by atoms with E-state index in [1.165, 1.54) is 102 Å². The Balaban J connectivity index is 1.24. The van der Waals surface area contributed by atoms with E-state index in [-0.39, 0.29) is 5.41 Å². The van der Waals surface area contributed by atoms with Crippen molar-refractivity contribution in [3.05, 3.63) is 169 Å². The van der Waals surface area contributed by atoms with Crippen LogP contribution < -0.4 is 0 Å². The molecular weight excluding hydrogens is 661 g/mol. The van der Waals surface area contributed by atoms with Gasteiger partial charge in [0.25, 0.3) is 0 Å². The summed E-state index contributed by atoms with van der Waals surface area (Å²) in [6, 6.07) is 58.5. The van der Waals surface area contributed by atoms with E-state index in [4.69, 9.17) is 4.42 Å². The van der Waals surface area contributed by atoms with E-state index in [2.05, 4.69) is 172 Å². The van der Waals surface area contributed by atoms with Crippen LogP contribution in [0.1, 0.15) is 25.0 Å². The van der Waals surface area contributed by atoms with E-state index < -0.39 is 0 Å². The molecule has 1 nitrogen and oxygen atoms in total. The second-order valence-corrected chi connectivity index (χ2v) is 16.3. The first-order valence-corrected chi connectivity index (χ1v) is 19.2. The lowest BCUT2D eigenvalue weighted by molar-refractivity contribution is 0.658. The fraction of sp³-hybridized carbons (Fsp3) is 0.0588. The summed E-state index contributed by atoms with van der Waals surface area (Å²) in [4.78, 5) is 0. The van der Waals surface area contributed by atoms with Gasteiger partial charge in [0.1, 0.15) is 11.2 Å². The predicted octanol–water partition coefficient (Wildman–Crippen LogP) is 15.1. The van der Waals surface area contributed by atoms with Gasteiger partial charge in [0, 0.05) is 47.5 Å². The van der Waals surface area contributed by atoms with Crippen LogP contribution in [0.4, 0.5) is 0 Å². The molecule has 1 aliphatic rings. The summed E-state index contributed by atoms with van der Waals surface area (Å²) in [6.45, 7) is 4.76. The molecule has 0 aliphatic heterocycles. The smallest absolute Gasteiger partial charge is 0.143 e. The molecule has 53 heavy (non-hydrogen) atoms. The van der Waals surface area contributed by atoms with E-state index in [0.717, 1.165) is 16.7 Å². The first kappa shape index (κ1) is 29.4. The normalized spacial score (nSPS) is 13.6. The minimum Gasteiger partial charge on any atom is -0.455 e. The molecule has 0 N–H and O–H groups in total. The lowest BCUT2D eigenvalue weighted by Crippen LogP contribution is -2.15. The summed E-state index contributed by atoms with van der Waals surface area (Å²) in [5.41, 5.74) is 11.9. The van der Waals surface area contributed by atoms with Gasteiger partial charge in [-0.2, -0.15) is 0 Å². The quantitative estimate of drug-likeness (QED) is 0.164. The minimum absolute atomic E-state index is 0.191. The summed E-state index contributed by atoms with van der Waals surface area (Å²) >= 11 is 1.87. The Labute approximate surface area is 310 Å². The summed E-state index contributed by atoms with van der Waals surface area (Å²) in [6.07, 6.45) is 0. The molecule has 248 valence electrons. The maximum absolute atomic E-state index is 7.16. The van der Waals surface area contributed by atoms with E-state index in [9.17, 15) is 0 Å². The van der Waals surface area contributed by atoms with Crippen molar-refractivity contribution >= 4 is 85.8 Å². The van der Waals surface area contributed by atoms with Crippen molar-refractivity contribution in [3.8, 4) is 33.4 Å². The van der Waals surface area contributed by atoms with Crippen LogP contribution in [0.3, 0.4) is 0 Å². The highest BCUT2D eigenvalue weighted by atomic mass is 32.1. The third kappa shape index (κ3) is 3.91. The molecule has 9 aromatic carbocycles. The lowest BCUT2D eigenvalue weighted by atomic mass is 9.79. The van der Waals surface area contributed by atoms with Gasteiger partial charge in [0.2, 0.25) is 0 Å². The molecule has 0 amide bonds. The number of hydrogen-bond acceptors (Lipinski definition) is 2. The fourth-order valence-corrected chi connectivity index (χ4v) is 10.8. The monoisotopic (exact) mass is 692 g/mol. The molecule has 0 radical (unpaired) electrons. The van der Waals surface area contributed by atoms with E-state index in [0.29, 0.717) is 0 Å². The fourth-order valence-electron chi connectivity index (χ4n) is 9.69. The molecule has 12 rings (SSSR count).